The van der Waals surface area contributed by atoms with Crippen molar-refractivity contribution < 1.29 is 9.90 Å². The first kappa shape index (κ1) is 12.9. The fourth-order valence-corrected chi connectivity index (χ4v) is 2.26. The van der Waals surface area contributed by atoms with Crippen LogP contribution in [0, 0.1) is 0 Å². The number of benzene rings is 1. The number of carbonyl (C=O) groups is 1. The molecule has 0 fully saturated rings. The van der Waals surface area contributed by atoms with E-state index >= 15 is 0 Å². The van der Waals surface area contributed by atoms with Gasteiger partial charge in [0.2, 0.25) is 0 Å². The van der Waals surface area contributed by atoms with Crippen molar-refractivity contribution in [2.24, 2.45) is 0 Å². The molecule has 0 aromatic heterocycles. The zero-order chi connectivity index (χ0) is 12.1. The Morgan fingerprint density at radius 3 is 2.69 bits per heavy atom. The van der Waals surface area contributed by atoms with Gasteiger partial charge >= 0.3 is 5.97 Å². The van der Waals surface area contributed by atoms with Gasteiger partial charge in [-0.05, 0) is 25.3 Å². The standard InChI is InChI=1S/C12H17NO2S/c1-9(8-16-3)13(2)11-7-5-4-6-10(11)12(14)15/h4-7,9H,8H2,1-3H3,(H,14,15). The van der Waals surface area contributed by atoms with Crippen LogP contribution in [-0.2, 0) is 0 Å². The molecule has 0 aliphatic carbocycles. The highest BCUT2D eigenvalue weighted by Gasteiger charge is 2.16. The third-order valence-corrected chi connectivity index (χ3v) is 3.40. The van der Waals surface area contributed by atoms with E-state index in [1.807, 2.05) is 30.3 Å². The fraction of sp³-hybridized carbons (Fsp3) is 0.417. The lowest BCUT2D eigenvalue weighted by atomic mass is 10.1. The molecule has 0 heterocycles. The minimum atomic E-state index is -0.876. The molecular formula is C12H17NO2S. The number of nitrogens with zero attached hydrogens (tertiary/aromatic N) is 1. The SMILES string of the molecule is CSCC(C)N(C)c1ccccc1C(=O)O. The number of anilines is 1. The monoisotopic (exact) mass is 239 g/mol. The molecule has 0 saturated carbocycles. The summed E-state index contributed by atoms with van der Waals surface area (Å²) in [5, 5.41) is 9.09. The minimum absolute atomic E-state index is 0.315. The zero-order valence-electron chi connectivity index (χ0n) is 9.80. The van der Waals surface area contributed by atoms with Crippen molar-refractivity contribution in [3.8, 4) is 0 Å². The second kappa shape index (κ2) is 5.80. The Hall–Kier alpha value is -1.16. The molecule has 0 radical (unpaired) electrons. The van der Waals surface area contributed by atoms with Gasteiger partial charge in [-0.25, -0.2) is 4.79 Å². The summed E-state index contributed by atoms with van der Waals surface area (Å²) < 4.78 is 0. The van der Waals surface area contributed by atoms with E-state index in [1.165, 1.54) is 0 Å². The topological polar surface area (TPSA) is 40.5 Å². The van der Waals surface area contributed by atoms with Crippen LogP contribution in [0.5, 0.6) is 0 Å². The van der Waals surface area contributed by atoms with Crippen molar-refractivity contribution in [3.05, 3.63) is 29.8 Å². The average Bonchev–Trinajstić information content (AvgIpc) is 2.28. The summed E-state index contributed by atoms with van der Waals surface area (Å²) >= 11 is 1.76. The predicted octanol–water partition coefficient (Wildman–Crippen LogP) is 2.57. The maximum Gasteiger partial charge on any atom is 0.337 e. The van der Waals surface area contributed by atoms with E-state index in [1.54, 1.807) is 23.9 Å². The molecule has 1 aromatic carbocycles. The van der Waals surface area contributed by atoms with E-state index in [2.05, 4.69) is 6.92 Å². The molecule has 16 heavy (non-hydrogen) atoms. The number of aromatic carboxylic acids is 1. The molecule has 0 spiro atoms. The van der Waals surface area contributed by atoms with E-state index in [4.69, 9.17) is 5.11 Å². The van der Waals surface area contributed by atoms with Crippen LogP contribution in [0.3, 0.4) is 0 Å². The number of para-hydroxylation sites is 1. The number of thioether (sulfide) groups is 1. The largest absolute Gasteiger partial charge is 0.478 e. The van der Waals surface area contributed by atoms with Crippen LogP contribution < -0.4 is 4.90 Å². The molecule has 0 aliphatic rings. The number of carboxylic acids is 1. The van der Waals surface area contributed by atoms with Crippen molar-refractivity contribution in [1.29, 1.82) is 0 Å². The quantitative estimate of drug-likeness (QED) is 0.857. The molecule has 3 nitrogen and oxygen atoms in total. The van der Waals surface area contributed by atoms with Crippen LogP contribution in [0.1, 0.15) is 17.3 Å². The van der Waals surface area contributed by atoms with Crippen molar-refractivity contribution in [1.82, 2.24) is 0 Å². The highest BCUT2D eigenvalue weighted by Crippen LogP contribution is 2.21. The van der Waals surface area contributed by atoms with Crippen LogP contribution in [0.15, 0.2) is 24.3 Å². The number of rotatable bonds is 5. The zero-order valence-corrected chi connectivity index (χ0v) is 10.6. The molecular weight excluding hydrogens is 222 g/mol. The highest BCUT2D eigenvalue weighted by molar-refractivity contribution is 7.98. The van der Waals surface area contributed by atoms with Gasteiger partial charge in [-0.3, -0.25) is 0 Å². The first-order chi connectivity index (χ1) is 7.57. The normalized spacial score (nSPS) is 12.2. The third kappa shape index (κ3) is 2.92. The molecule has 0 amide bonds. The van der Waals surface area contributed by atoms with E-state index < -0.39 is 5.97 Å². The lowest BCUT2D eigenvalue weighted by Crippen LogP contribution is -2.32. The van der Waals surface area contributed by atoms with Gasteiger partial charge in [-0.15, -0.1) is 0 Å². The van der Waals surface area contributed by atoms with Gasteiger partial charge in [0.15, 0.2) is 0 Å². The third-order valence-electron chi connectivity index (χ3n) is 2.58. The number of carboxylic acid groups (broad SMARTS) is 1. The Morgan fingerprint density at radius 1 is 1.50 bits per heavy atom. The Bertz CT molecular complexity index is 368. The van der Waals surface area contributed by atoms with Crippen molar-refractivity contribution in [2.45, 2.75) is 13.0 Å². The molecule has 88 valence electrons. The lowest BCUT2D eigenvalue weighted by Gasteiger charge is -2.27. The Labute approximate surface area is 100 Å². The van der Waals surface area contributed by atoms with Crippen molar-refractivity contribution in [2.75, 3.05) is 24.0 Å². The average molecular weight is 239 g/mol. The maximum absolute atomic E-state index is 11.1. The molecule has 1 rings (SSSR count). The smallest absolute Gasteiger partial charge is 0.337 e. The van der Waals surface area contributed by atoms with Crippen molar-refractivity contribution in [3.63, 3.8) is 0 Å². The molecule has 1 N–H and O–H groups in total. The van der Waals surface area contributed by atoms with Gasteiger partial charge < -0.3 is 10.0 Å². The Balaban J connectivity index is 2.98. The van der Waals surface area contributed by atoms with Gasteiger partial charge in [0, 0.05) is 18.8 Å². The summed E-state index contributed by atoms with van der Waals surface area (Å²) in [7, 11) is 1.93. The van der Waals surface area contributed by atoms with E-state index in [9.17, 15) is 4.79 Å². The Morgan fingerprint density at radius 2 is 2.12 bits per heavy atom. The number of hydrogen-bond donors (Lipinski definition) is 1. The molecule has 0 saturated heterocycles. The molecule has 1 atom stereocenters. The van der Waals surface area contributed by atoms with E-state index in [0.29, 0.717) is 11.6 Å². The molecule has 0 aliphatic heterocycles. The molecule has 0 bridgehead atoms. The van der Waals surface area contributed by atoms with E-state index in [0.717, 1.165) is 11.4 Å². The number of hydrogen-bond acceptors (Lipinski definition) is 3. The summed E-state index contributed by atoms with van der Waals surface area (Å²) in [6.07, 6.45) is 2.05. The highest BCUT2D eigenvalue weighted by atomic mass is 32.2. The summed E-state index contributed by atoms with van der Waals surface area (Å²) in [5.41, 5.74) is 1.13. The molecule has 1 unspecified atom stereocenters. The van der Waals surface area contributed by atoms with Gasteiger partial charge in [0.25, 0.3) is 0 Å². The first-order valence-corrected chi connectivity index (χ1v) is 6.51. The summed E-state index contributed by atoms with van der Waals surface area (Å²) in [5.74, 6) is 0.101. The van der Waals surface area contributed by atoms with Crippen molar-refractivity contribution >= 4 is 23.4 Å². The fourth-order valence-electron chi connectivity index (χ4n) is 1.55. The maximum atomic E-state index is 11.1. The summed E-state index contributed by atoms with van der Waals surface area (Å²) in [4.78, 5) is 13.1. The lowest BCUT2D eigenvalue weighted by molar-refractivity contribution is 0.0697. The second-order valence-electron chi connectivity index (χ2n) is 3.74. The van der Waals surface area contributed by atoms with E-state index in [-0.39, 0.29) is 0 Å². The van der Waals surface area contributed by atoms with Crippen LogP contribution in [0.4, 0.5) is 5.69 Å². The summed E-state index contributed by atoms with van der Waals surface area (Å²) in [6.45, 7) is 2.09. The molecule has 1 aromatic rings. The summed E-state index contributed by atoms with van der Waals surface area (Å²) in [6, 6.07) is 7.42. The van der Waals surface area contributed by atoms with Gasteiger partial charge in [0.05, 0.1) is 11.3 Å². The second-order valence-corrected chi connectivity index (χ2v) is 4.65. The Kier molecular flexibility index (Phi) is 4.68. The van der Waals surface area contributed by atoms with Crippen LogP contribution >= 0.6 is 11.8 Å². The molecule has 4 heteroatoms. The van der Waals surface area contributed by atoms with Gasteiger partial charge in [-0.2, -0.15) is 11.8 Å². The van der Waals surface area contributed by atoms with Crippen LogP contribution in [-0.4, -0.2) is 36.2 Å². The minimum Gasteiger partial charge on any atom is -0.478 e. The van der Waals surface area contributed by atoms with Gasteiger partial charge in [0.1, 0.15) is 0 Å². The first-order valence-electron chi connectivity index (χ1n) is 5.12. The predicted molar refractivity (Wildman–Crippen MR) is 69.6 cm³/mol. The van der Waals surface area contributed by atoms with Gasteiger partial charge in [-0.1, -0.05) is 12.1 Å². The van der Waals surface area contributed by atoms with Crippen LogP contribution in [0.25, 0.3) is 0 Å². The van der Waals surface area contributed by atoms with Crippen LogP contribution in [0.2, 0.25) is 0 Å².